The highest BCUT2D eigenvalue weighted by Gasteiger charge is 2.29. The van der Waals surface area contributed by atoms with Crippen LogP contribution in [-0.4, -0.2) is 17.9 Å². The summed E-state index contributed by atoms with van der Waals surface area (Å²) < 4.78 is 0. The van der Waals surface area contributed by atoms with E-state index in [4.69, 9.17) is 5.26 Å². The Morgan fingerprint density at radius 1 is 1.04 bits per heavy atom. The molecule has 2 amide bonds. The molecule has 0 heterocycles. The molecule has 6 nitrogen and oxygen atoms in total. The molecule has 3 N–H and O–H groups in total. The third kappa shape index (κ3) is 4.61. The molecule has 0 saturated heterocycles. The van der Waals surface area contributed by atoms with E-state index in [0.717, 1.165) is 24.2 Å². The summed E-state index contributed by atoms with van der Waals surface area (Å²) in [6.45, 7) is 1.76. The van der Waals surface area contributed by atoms with Crippen LogP contribution in [0.5, 0.6) is 0 Å². The second-order valence-electron chi connectivity index (χ2n) is 6.39. The lowest BCUT2D eigenvalue weighted by Gasteiger charge is -2.16. The lowest BCUT2D eigenvalue weighted by molar-refractivity contribution is -0.117. The van der Waals surface area contributed by atoms with Crippen LogP contribution in [0.2, 0.25) is 0 Å². The van der Waals surface area contributed by atoms with Crippen LogP contribution in [0.4, 0.5) is 17.1 Å². The van der Waals surface area contributed by atoms with Crippen LogP contribution in [-0.2, 0) is 9.59 Å². The van der Waals surface area contributed by atoms with Crippen molar-refractivity contribution in [3.63, 3.8) is 0 Å². The number of hydrogen-bond donors (Lipinski definition) is 3. The van der Waals surface area contributed by atoms with Crippen molar-refractivity contribution >= 4 is 28.9 Å². The molecular weight excluding hydrogens is 328 g/mol. The molecule has 1 aliphatic rings. The van der Waals surface area contributed by atoms with Crippen molar-refractivity contribution in [2.24, 2.45) is 5.92 Å². The van der Waals surface area contributed by atoms with Gasteiger partial charge in [0, 0.05) is 23.0 Å². The first-order valence-corrected chi connectivity index (χ1v) is 8.53. The summed E-state index contributed by atoms with van der Waals surface area (Å²) in [5, 5.41) is 17.7. The van der Waals surface area contributed by atoms with Gasteiger partial charge in [0.15, 0.2) is 0 Å². The summed E-state index contributed by atoms with van der Waals surface area (Å²) in [7, 11) is 0. The normalized spacial score (nSPS) is 14.0. The molecular formula is C20H20N4O2. The Bertz CT molecular complexity index is 851. The molecule has 0 spiro atoms. The maximum atomic E-state index is 12.3. The Morgan fingerprint density at radius 2 is 1.73 bits per heavy atom. The number of nitrogens with zero attached hydrogens (tertiary/aromatic N) is 1. The topological polar surface area (TPSA) is 94.0 Å². The molecule has 0 radical (unpaired) electrons. The van der Waals surface area contributed by atoms with E-state index in [2.05, 4.69) is 16.0 Å². The van der Waals surface area contributed by atoms with Crippen molar-refractivity contribution in [3.8, 4) is 6.07 Å². The Labute approximate surface area is 152 Å². The quantitative estimate of drug-likeness (QED) is 0.746. The minimum Gasteiger partial charge on any atom is -0.374 e. The lowest BCUT2D eigenvalue weighted by Crippen LogP contribution is -2.31. The molecule has 3 rings (SSSR count). The maximum Gasteiger partial charge on any atom is 0.246 e. The fourth-order valence-electron chi connectivity index (χ4n) is 2.47. The van der Waals surface area contributed by atoms with E-state index in [0.29, 0.717) is 11.3 Å². The SMILES string of the molecule is C[C@H](Nc1ccc(NC(=O)C2CC2)cc1)C(=O)Nc1cccc(C#N)c1. The van der Waals surface area contributed by atoms with Gasteiger partial charge < -0.3 is 16.0 Å². The van der Waals surface area contributed by atoms with E-state index < -0.39 is 6.04 Å². The van der Waals surface area contributed by atoms with E-state index in [1.807, 2.05) is 30.3 Å². The lowest BCUT2D eigenvalue weighted by atomic mass is 10.2. The first-order chi connectivity index (χ1) is 12.5. The predicted octanol–water partition coefficient (Wildman–Crippen LogP) is 3.35. The molecule has 2 aromatic carbocycles. The predicted molar refractivity (Wildman–Crippen MR) is 101 cm³/mol. The minimum atomic E-state index is -0.465. The highest BCUT2D eigenvalue weighted by Crippen LogP contribution is 2.30. The number of benzene rings is 2. The van der Waals surface area contributed by atoms with Gasteiger partial charge in [-0.3, -0.25) is 9.59 Å². The average Bonchev–Trinajstić information content (AvgIpc) is 3.48. The second-order valence-corrected chi connectivity index (χ2v) is 6.39. The number of anilines is 3. The van der Waals surface area contributed by atoms with Gasteiger partial charge in [-0.2, -0.15) is 5.26 Å². The Kier molecular flexibility index (Phi) is 5.18. The van der Waals surface area contributed by atoms with Gasteiger partial charge in [0.1, 0.15) is 6.04 Å². The fourth-order valence-corrected chi connectivity index (χ4v) is 2.47. The van der Waals surface area contributed by atoms with Gasteiger partial charge in [-0.25, -0.2) is 0 Å². The van der Waals surface area contributed by atoms with E-state index in [-0.39, 0.29) is 17.7 Å². The van der Waals surface area contributed by atoms with Crippen LogP contribution in [0.1, 0.15) is 25.3 Å². The Morgan fingerprint density at radius 3 is 2.38 bits per heavy atom. The molecule has 6 heteroatoms. The summed E-state index contributed by atoms with van der Waals surface area (Å²) in [5.41, 5.74) is 2.61. The smallest absolute Gasteiger partial charge is 0.246 e. The van der Waals surface area contributed by atoms with Gasteiger partial charge in [-0.1, -0.05) is 6.07 Å². The summed E-state index contributed by atoms with van der Waals surface area (Å²) >= 11 is 0. The number of rotatable bonds is 6. The van der Waals surface area contributed by atoms with E-state index in [1.54, 1.807) is 31.2 Å². The van der Waals surface area contributed by atoms with Gasteiger partial charge >= 0.3 is 0 Å². The first-order valence-electron chi connectivity index (χ1n) is 8.53. The first kappa shape index (κ1) is 17.5. The zero-order valence-corrected chi connectivity index (χ0v) is 14.5. The summed E-state index contributed by atoms with van der Waals surface area (Å²) in [4.78, 5) is 24.0. The molecule has 1 atom stereocenters. The second kappa shape index (κ2) is 7.70. The average molecular weight is 348 g/mol. The van der Waals surface area contributed by atoms with Crippen LogP contribution >= 0.6 is 0 Å². The molecule has 1 saturated carbocycles. The van der Waals surface area contributed by atoms with Crippen molar-refractivity contribution in [1.29, 1.82) is 5.26 Å². The van der Waals surface area contributed by atoms with Gasteiger partial charge in [0.25, 0.3) is 0 Å². The van der Waals surface area contributed by atoms with Gasteiger partial charge in [0.05, 0.1) is 11.6 Å². The summed E-state index contributed by atoms with van der Waals surface area (Å²) in [5.74, 6) is 0.0281. The standard InChI is InChI=1S/C20H20N4O2/c1-13(19(25)24-18-4-2-3-14(11-18)12-21)22-16-7-9-17(10-8-16)23-20(26)15-5-6-15/h2-4,7-11,13,15,22H,5-6H2,1H3,(H,23,26)(H,24,25)/t13-/m0/s1. The van der Waals surface area contributed by atoms with Crippen molar-refractivity contribution in [1.82, 2.24) is 0 Å². The van der Waals surface area contributed by atoms with Gasteiger partial charge in [-0.05, 0) is 62.2 Å². The molecule has 132 valence electrons. The van der Waals surface area contributed by atoms with Crippen molar-refractivity contribution in [2.45, 2.75) is 25.8 Å². The van der Waals surface area contributed by atoms with E-state index in [9.17, 15) is 9.59 Å². The molecule has 1 aliphatic carbocycles. The third-order valence-corrected chi connectivity index (χ3v) is 4.14. The fraction of sp³-hybridized carbons (Fsp3) is 0.250. The molecule has 0 bridgehead atoms. The zero-order chi connectivity index (χ0) is 18.5. The largest absolute Gasteiger partial charge is 0.374 e. The summed E-state index contributed by atoms with van der Waals surface area (Å²) in [6, 6.07) is 15.6. The Balaban J connectivity index is 1.54. The molecule has 1 fully saturated rings. The van der Waals surface area contributed by atoms with Crippen LogP contribution in [0.3, 0.4) is 0 Å². The van der Waals surface area contributed by atoms with Crippen LogP contribution < -0.4 is 16.0 Å². The van der Waals surface area contributed by atoms with Crippen molar-refractivity contribution < 1.29 is 9.59 Å². The third-order valence-electron chi connectivity index (χ3n) is 4.14. The van der Waals surface area contributed by atoms with Gasteiger partial charge in [-0.15, -0.1) is 0 Å². The number of carbonyl (C=O) groups is 2. The molecule has 2 aromatic rings. The summed E-state index contributed by atoms with van der Waals surface area (Å²) in [6.07, 6.45) is 1.94. The number of nitrogens with one attached hydrogen (secondary N) is 3. The number of nitriles is 1. The highest BCUT2D eigenvalue weighted by molar-refractivity contribution is 5.96. The monoisotopic (exact) mass is 348 g/mol. The van der Waals surface area contributed by atoms with Crippen molar-refractivity contribution in [3.05, 3.63) is 54.1 Å². The zero-order valence-electron chi connectivity index (χ0n) is 14.5. The van der Waals surface area contributed by atoms with Crippen LogP contribution in [0.25, 0.3) is 0 Å². The van der Waals surface area contributed by atoms with E-state index >= 15 is 0 Å². The maximum absolute atomic E-state index is 12.3. The number of amides is 2. The minimum absolute atomic E-state index is 0.0676. The molecule has 0 unspecified atom stereocenters. The highest BCUT2D eigenvalue weighted by atomic mass is 16.2. The van der Waals surface area contributed by atoms with Crippen molar-refractivity contribution in [2.75, 3.05) is 16.0 Å². The molecule has 0 aliphatic heterocycles. The van der Waals surface area contributed by atoms with Gasteiger partial charge in [0.2, 0.25) is 11.8 Å². The van der Waals surface area contributed by atoms with Crippen LogP contribution in [0, 0.1) is 17.2 Å². The number of carbonyl (C=O) groups excluding carboxylic acids is 2. The van der Waals surface area contributed by atoms with Crippen LogP contribution in [0.15, 0.2) is 48.5 Å². The molecule has 0 aromatic heterocycles. The van der Waals surface area contributed by atoms with E-state index in [1.165, 1.54) is 0 Å². The Hall–Kier alpha value is -3.33. The number of hydrogen-bond acceptors (Lipinski definition) is 4. The molecule has 26 heavy (non-hydrogen) atoms.